The van der Waals surface area contributed by atoms with Crippen LogP contribution in [0.25, 0.3) is 0 Å². The van der Waals surface area contributed by atoms with Crippen LogP contribution in [0, 0.1) is 11.8 Å². The van der Waals surface area contributed by atoms with Gasteiger partial charge in [0.2, 0.25) is 0 Å². The summed E-state index contributed by atoms with van der Waals surface area (Å²) in [5.74, 6) is 1.87. The number of rotatable bonds is 1. The van der Waals surface area contributed by atoms with E-state index in [2.05, 4.69) is 23.7 Å². The van der Waals surface area contributed by atoms with Gasteiger partial charge in [-0.15, -0.1) is 11.3 Å². The van der Waals surface area contributed by atoms with Crippen molar-refractivity contribution in [3.05, 3.63) is 21.9 Å². The predicted octanol–water partition coefficient (Wildman–Crippen LogP) is 2.59. The van der Waals surface area contributed by atoms with Crippen LogP contribution in [0.3, 0.4) is 0 Å². The molecule has 1 aromatic heterocycles. The van der Waals surface area contributed by atoms with Crippen molar-refractivity contribution in [2.75, 3.05) is 6.54 Å². The Balaban J connectivity index is 1.91. The average molecular weight is 193 g/mol. The van der Waals surface area contributed by atoms with E-state index in [4.69, 9.17) is 0 Å². The molecule has 2 aliphatic rings. The van der Waals surface area contributed by atoms with Crippen LogP contribution in [0.15, 0.2) is 11.4 Å². The van der Waals surface area contributed by atoms with E-state index >= 15 is 0 Å². The zero-order valence-corrected chi connectivity index (χ0v) is 8.73. The Morgan fingerprint density at radius 1 is 1.54 bits per heavy atom. The highest BCUT2D eigenvalue weighted by molar-refractivity contribution is 7.10. The molecular formula is C11H15NS. The van der Waals surface area contributed by atoms with E-state index in [1.165, 1.54) is 19.4 Å². The summed E-state index contributed by atoms with van der Waals surface area (Å²) in [5.41, 5.74) is 1.60. The van der Waals surface area contributed by atoms with Gasteiger partial charge in [-0.05, 0) is 41.7 Å². The summed E-state index contributed by atoms with van der Waals surface area (Å²) in [4.78, 5) is 1.63. The zero-order valence-electron chi connectivity index (χ0n) is 7.92. The summed E-state index contributed by atoms with van der Waals surface area (Å²) in [7, 11) is 0. The third-order valence-electron chi connectivity index (χ3n) is 3.43. The van der Waals surface area contributed by atoms with Crippen molar-refractivity contribution in [3.8, 4) is 0 Å². The Kier molecular flexibility index (Phi) is 1.74. The fraction of sp³-hybridized carbons (Fsp3) is 0.636. The number of nitrogens with one attached hydrogen (secondary N) is 1. The standard InChI is InChI=1S/C11H15NS/c1-7-6-9(7)11-8-3-5-13-10(8)2-4-12-11/h3,5,7,9,11-12H,2,4,6H2,1H3. The molecule has 0 spiro atoms. The van der Waals surface area contributed by atoms with Gasteiger partial charge < -0.3 is 5.32 Å². The number of thiophene rings is 1. The van der Waals surface area contributed by atoms with Gasteiger partial charge in [-0.3, -0.25) is 0 Å². The minimum atomic E-state index is 0.685. The molecule has 1 aliphatic heterocycles. The van der Waals surface area contributed by atoms with Crippen molar-refractivity contribution in [1.29, 1.82) is 0 Å². The maximum absolute atomic E-state index is 3.66. The van der Waals surface area contributed by atoms with Crippen LogP contribution in [0.1, 0.15) is 29.8 Å². The molecule has 0 radical (unpaired) electrons. The maximum Gasteiger partial charge on any atom is 0.0362 e. The van der Waals surface area contributed by atoms with Crippen molar-refractivity contribution in [3.63, 3.8) is 0 Å². The van der Waals surface area contributed by atoms with Crippen LogP contribution >= 0.6 is 11.3 Å². The smallest absolute Gasteiger partial charge is 0.0362 e. The normalized spacial score (nSPS) is 37.2. The Hall–Kier alpha value is -0.340. The number of hydrogen-bond donors (Lipinski definition) is 1. The molecule has 1 saturated carbocycles. The first-order chi connectivity index (χ1) is 6.36. The van der Waals surface area contributed by atoms with E-state index in [9.17, 15) is 0 Å². The molecule has 1 fully saturated rings. The number of fused-ring (bicyclic) bond motifs is 1. The van der Waals surface area contributed by atoms with Gasteiger partial charge in [0.15, 0.2) is 0 Å². The highest BCUT2D eigenvalue weighted by Crippen LogP contribution is 2.49. The monoisotopic (exact) mass is 193 g/mol. The van der Waals surface area contributed by atoms with Crippen LogP contribution in [-0.2, 0) is 6.42 Å². The first-order valence-electron chi connectivity index (χ1n) is 5.16. The van der Waals surface area contributed by atoms with E-state index in [0.717, 1.165) is 11.8 Å². The summed E-state index contributed by atoms with van der Waals surface area (Å²) < 4.78 is 0. The van der Waals surface area contributed by atoms with Crippen molar-refractivity contribution in [2.45, 2.75) is 25.8 Å². The molecule has 1 nitrogen and oxygen atoms in total. The van der Waals surface area contributed by atoms with Crippen LogP contribution in [-0.4, -0.2) is 6.54 Å². The third-order valence-corrected chi connectivity index (χ3v) is 4.43. The molecule has 3 unspecified atom stereocenters. The first kappa shape index (κ1) is 8.01. The van der Waals surface area contributed by atoms with Crippen molar-refractivity contribution >= 4 is 11.3 Å². The van der Waals surface area contributed by atoms with E-state index in [1.807, 2.05) is 11.3 Å². The SMILES string of the molecule is CC1CC1C1NCCc2sccc21. The van der Waals surface area contributed by atoms with Gasteiger partial charge in [-0.25, -0.2) is 0 Å². The lowest BCUT2D eigenvalue weighted by atomic mass is 9.97. The van der Waals surface area contributed by atoms with Gasteiger partial charge >= 0.3 is 0 Å². The molecule has 2 heterocycles. The maximum atomic E-state index is 3.66. The van der Waals surface area contributed by atoms with Gasteiger partial charge in [0.25, 0.3) is 0 Å². The average Bonchev–Trinajstić information content (AvgIpc) is 2.66. The lowest BCUT2D eigenvalue weighted by Gasteiger charge is -2.24. The zero-order chi connectivity index (χ0) is 8.84. The van der Waals surface area contributed by atoms with Crippen LogP contribution in [0.5, 0.6) is 0 Å². The van der Waals surface area contributed by atoms with Crippen LogP contribution in [0.4, 0.5) is 0 Å². The molecule has 0 saturated heterocycles. The van der Waals surface area contributed by atoms with E-state index in [1.54, 1.807) is 10.4 Å². The van der Waals surface area contributed by atoms with Crippen LogP contribution in [0.2, 0.25) is 0 Å². The molecule has 1 N–H and O–H groups in total. The molecular weight excluding hydrogens is 178 g/mol. The van der Waals surface area contributed by atoms with E-state index in [0.29, 0.717) is 6.04 Å². The van der Waals surface area contributed by atoms with Crippen LogP contribution < -0.4 is 5.32 Å². The minimum absolute atomic E-state index is 0.685. The molecule has 3 atom stereocenters. The number of hydrogen-bond acceptors (Lipinski definition) is 2. The fourth-order valence-corrected chi connectivity index (χ4v) is 3.41. The Morgan fingerprint density at radius 3 is 3.15 bits per heavy atom. The predicted molar refractivity (Wildman–Crippen MR) is 56.0 cm³/mol. The van der Waals surface area contributed by atoms with Gasteiger partial charge in [0, 0.05) is 17.5 Å². The van der Waals surface area contributed by atoms with E-state index in [-0.39, 0.29) is 0 Å². The van der Waals surface area contributed by atoms with Gasteiger partial charge in [0.1, 0.15) is 0 Å². The summed E-state index contributed by atoms with van der Waals surface area (Å²) in [6, 6.07) is 3.01. The second-order valence-corrected chi connectivity index (χ2v) is 5.36. The Labute approximate surface area is 83.2 Å². The van der Waals surface area contributed by atoms with Crippen molar-refractivity contribution in [2.24, 2.45) is 11.8 Å². The van der Waals surface area contributed by atoms with E-state index < -0.39 is 0 Å². The third kappa shape index (κ3) is 1.24. The molecule has 1 aromatic rings. The van der Waals surface area contributed by atoms with Gasteiger partial charge in [0.05, 0.1) is 0 Å². The molecule has 0 bridgehead atoms. The fourth-order valence-electron chi connectivity index (χ4n) is 2.48. The molecule has 2 heteroatoms. The summed E-state index contributed by atoms with van der Waals surface area (Å²) >= 11 is 1.94. The molecule has 0 amide bonds. The molecule has 1 aliphatic carbocycles. The Morgan fingerprint density at radius 2 is 2.38 bits per heavy atom. The molecule has 3 rings (SSSR count). The topological polar surface area (TPSA) is 12.0 Å². The second kappa shape index (κ2) is 2.82. The summed E-state index contributed by atoms with van der Waals surface area (Å²) in [5, 5.41) is 5.91. The molecule has 70 valence electrons. The largest absolute Gasteiger partial charge is 0.309 e. The molecule has 13 heavy (non-hydrogen) atoms. The highest BCUT2D eigenvalue weighted by Gasteiger charge is 2.41. The van der Waals surface area contributed by atoms with Gasteiger partial charge in [-0.2, -0.15) is 0 Å². The Bertz CT molecular complexity index is 318. The lowest BCUT2D eigenvalue weighted by molar-refractivity contribution is 0.445. The van der Waals surface area contributed by atoms with Gasteiger partial charge in [-0.1, -0.05) is 6.92 Å². The quantitative estimate of drug-likeness (QED) is 0.723. The van der Waals surface area contributed by atoms with Crippen molar-refractivity contribution < 1.29 is 0 Å². The van der Waals surface area contributed by atoms with Crippen molar-refractivity contribution in [1.82, 2.24) is 5.32 Å². The minimum Gasteiger partial charge on any atom is -0.309 e. The summed E-state index contributed by atoms with van der Waals surface area (Å²) in [6.07, 6.45) is 2.66. The first-order valence-corrected chi connectivity index (χ1v) is 6.04. The molecule has 0 aromatic carbocycles. The summed E-state index contributed by atoms with van der Waals surface area (Å²) in [6.45, 7) is 3.55. The second-order valence-electron chi connectivity index (χ2n) is 4.36. The highest BCUT2D eigenvalue weighted by atomic mass is 32.1. The lowest BCUT2D eigenvalue weighted by Crippen LogP contribution is -2.30.